The van der Waals surface area contributed by atoms with E-state index >= 15 is 0 Å². The first-order chi connectivity index (χ1) is 8.96. The monoisotopic (exact) mass is 288 g/mol. The quantitative estimate of drug-likeness (QED) is 0.772. The summed E-state index contributed by atoms with van der Waals surface area (Å²) in [6.45, 7) is 0.671. The Labute approximate surface area is 113 Å². The molecule has 19 heavy (non-hydrogen) atoms. The number of carbonyl (C=O) groups excluding carboxylic acids is 2. The van der Waals surface area contributed by atoms with Crippen molar-refractivity contribution < 1.29 is 18.0 Å². The summed E-state index contributed by atoms with van der Waals surface area (Å²) in [6, 6.07) is -0.292. The molecule has 1 N–H and O–H groups in total. The van der Waals surface area contributed by atoms with Crippen molar-refractivity contribution in [1.29, 1.82) is 0 Å². The van der Waals surface area contributed by atoms with E-state index in [1.54, 1.807) is 4.90 Å². The predicted molar refractivity (Wildman–Crippen MR) is 70.2 cm³/mol. The van der Waals surface area contributed by atoms with Gasteiger partial charge in [0.25, 0.3) is 0 Å². The lowest BCUT2D eigenvalue weighted by Crippen LogP contribution is -2.44. The molecular formula is C12H20N2O4S. The van der Waals surface area contributed by atoms with Crippen LogP contribution in [0, 0.1) is 0 Å². The average molecular weight is 288 g/mol. The summed E-state index contributed by atoms with van der Waals surface area (Å²) >= 11 is 0. The maximum atomic E-state index is 11.8. The van der Waals surface area contributed by atoms with Gasteiger partial charge in [-0.25, -0.2) is 8.42 Å². The van der Waals surface area contributed by atoms with Gasteiger partial charge in [0.1, 0.15) is 0 Å². The molecule has 2 amide bonds. The van der Waals surface area contributed by atoms with Gasteiger partial charge in [0.2, 0.25) is 11.8 Å². The van der Waals surface area contributed by atoms with E-state index in [2.05, 4.69) is 5.32 Å². The molecule has 2 saturated heterocycles. The van der Waals surface area contributed by atoms with Crippen LogP contribution in [0.1, 0.15) is 32.1 Å². The fourth-order valence-electron chi connectivity index (χ4n) is 2.56. The van der Waals surface area contributed by atoms with Crippen LogP contribution in [0.3, 0.4) is 0 Å². The number of sulfone groups is 1. The van der Waals surface area contributed by atoms with Crippen molar-refractivity contribution in [3.63, 3.8) is 0 Å². The third-order valence-electron chi connectivity index (χ3n) is 3.60. The summed E-state index contributed by atoms with van der Waals surface area (Å²) in [5, 5.41) is 2.71. The number of likely N-dealkylation sites (tertiary alicyclic amines) is 1. The zero-order chi connectivity index (χ0) is 13.9. The highest BCUT2D eigenvalue weighted by Gasteiger charge is 2.29. The van der Waals surface area contributed by atoms with Gasteiger partial charge in [-0.3, -0.25) is 9.59 Å². The summed E-state index contributed by atoms with van der Waals surface area (Å²) in [4.78, 5) is 25.2. The van der Waals surface area contributed by atoms with E-state index < -0.39 is 9.84 Å². The molecule has 1 atom stereocenters. The number of rotatable bonds is 3. The SMILES string of the molecule is O=C(CN1CCCCCC1=O)N[C@H]1CCS(=O)(=O)C1. The van der Waals surface area contributed by atoms with Crippen LogP contribution in [0.25, 0.3) is 0 Å². The van der Waals surface area contributed by atoms with E-state index in [1.165, 1.54) is 0 Å². The highest BCUT2D eigenvalue weighted by Crippen LogP contribution is 2.12. The third kappa shape index (κ3) is 4.19. The molecule has 7 heteroatoms. The lowest BCUT2D eigenvalue weighted by Gasteiger charge is -2.21. The summed E-state index contributed by atoms with van der Waals surface area (Å²) in [7, 11) is -2.99. The summed E-state index contributed by atoms with van der Waals surface area (Å²) in [5.74, 6) is -0.0724. The molecule has 2 aliphatic rings. The van der Waals surface area contributed by atoms with Crippen LogP contribution in [-0.2, 0) is 19.4 Å². The second-order valence-corrected chi connectivity index (χ2v) is 7.52. The van der Waals surface area contributed by atoms with Crippen LogP contribution in [0.15, 0.2) is 0 Å². The Morgan fingerprint density at radius 3 is 2.79 bits per heavy atom. The van der Waals surface area contributed by atoms with E-state index in [1.807, 2.05) is 0 Å². The first kappa shape index (κ1) is 14.3. The number of nitrogens with one attached hydrogen (secondary N) is 1. The van der Waals surface area contributed by atoms with Crippen LogP contribution >= 0.6 is 0 Å². The molecule has 0 aliphatic carbocycles. The van der Waals surface area contributed by atoms with Gasteiger partial charge in [0.05, 0.1) is 18.1 Å². The van der Waals surface area contributed by atoms with Gasteiger partial charge in [-0.05, 0) is 19.3 Å². The smallest absolute Gasteiger partial charge is 0.239 e. The Kier molecular flexibility index (Phi) is 4.44. The fraction of sp³-hybridized carbons (Fsp3) is 0.833. The molecule has 0 aromatic heterocycles. The standard InChI is InChI=1S/C12H20N2O4S/c15-11(13-10-5-7-19(17,18)9-10)8-14-6-3-1-2-4-12(14)16/h10H,1-9H2,(H,13,15)/t10-/m0/s1. The zero-order valence-corrected chi connectivity index (χ0v) is 11.7. The Morgan fingerprint density at radius 2 is 2.11 bits per heavy atom. The fourth-order valence-corrected chi connectivity index (χ4v) is 4.23. The minimum absolute atomic E-state index is 0.0201. The normalized spacial score (nSPS) is 27.1. The van der Waals surface area contributed by atoms with Crippen molar-refractivity contribution in [2.24, 2.45) is 0 Å². The van der Waals surface area contributed by atoms with E-state index in [0.29, 0.717) is 19.4 Å². The third-order valence-corrected chi connectivity index (χ3v) is 5.37. The lowest BCUT2D eigenvalue weighted by molar-refractivity contribution is -0.135. The van der Waals surface area contributed by atoms with Gasteiger partial charge in [0, 0.05) is 19.0 Å². The maximum Gasteiger partial charge on any atom is 0.239 e. The van der Waals surface area contributed by atoms with Crippen molar-refractivity contribution in [1.82, 2.24) is 10.2 Å². The second-order valence-electron chi connectivity index (χ2n) is 5.29. The molecule has 0 aromatic carbocycles. The van der Waals surface area contributed by atoms with Gasteiger partial charge in [-0.2, -0.15) is 0 Å². The largest absolute Gasteiger partial charge is 0.351 e. The van der Waals surface area contributed by atoms with Crippen molar-refractivity contribution in [2.75, 3.05) is 24.6 Å². The summed E-state index contributed by atoms with van der Waals surface area (Å²) in [5.41, 5.74) is 0. The number of amides is 2. The highest BCUT2D eigenvalue weighted by molar-refractivity contribution is 7.91. The minimum Gasteiger partial charge on any atom is -0.351 e. The van der Waals surface area contributed by atoms with Crippen molar-refractivity contribution >= 4 is 21.7 Å². The zero-order valence-electron chi connectivity index (χ0n) is 10.9. The summed E-state index contributed by atoms with van der Waals surface area (Å²) < 4.78 is 22.6. The molecule has 0 bridgehead atoms. The van der Waals surface area contributed by atoms with Crippen molar-refractivity contribution in [2.45, 2.75) is 38.1 Å². The molecule has 2 aliphatic heterocycles. The van der Waals surface area contributed by atoms with Gasteiger partial charge >= 0.3 is 0 Å². The Bertz CT molecular complexity index is 460. The van der Waals surface area contributed by atoms with Gasteiger partial charge in [0.15, 0.2) is 9.84 Å². The maximum absolute atomic E-state index is 11.8. The van der Waals surface area contributed by atoms with E-state index in [9.17, 15) is 18.0 Å². The highest BCUT2D eigenvalue weighted by atomic mass is 32.2. The van der Waals surface area contributed by atoms with Crippen LogP contribution in [0.4, 0.5) is 0 Å². The number of hydrogen-bond donors (Lipinski definition) is 1. The molecule has 0 saturated carbocycles. The van der Waals surface area contributed by atoms with Crippen LogP contribution in [0.5, 0.6) is 0 Å². The van der Waals surface area contributed by atoms with Crippen LogP contribution in [0.2, 0.25) is 0 Å². The molecule has 6 nitrogen and oxygen atoms in total. The van der Waals surface area contributed by atoms with Gasteiger partial charge < -0.3 is 10.2 Å². The molecule has 0 unspecified atom stereocenters. The number of carbonyl (C=O) groups is 2. The average Bonchev–Trinajstić information content (AvgIpc) is 2.53. The molecular weight excluding hydrogens is 268 g/mol. The Hall–Kier alpha value is -1.11. The molecule has 0 radical (unpaired) electrons. The second kappa shape index (κ2) is 5.90. The first-order valence-corrected chi connectivity index (χ1v) is 8.56. The Balaban J connectivity index is 1.82. The number of nitrogens with zero attached hydrogens (tertiary/aromatic N) is 1. The molecule has 0 aromatic rings. The molecule has 2 fully saturated rings. The predicted octanol–water partition coefficient (Wildman–Crippen LogP) is -0.308. The number of hydrogen-bond acceptors (Lipinski definition) is 4. The van der Waals surface area contributed by atoms with Crippen molar-refractivity contribution in [3.8, 4) is 0 Å². The van der Waals surface area contributed by atoms with Crippen LogP contribution in [-0.4, -0.2) is 55.8 Å². The van der Waals surface area contributed by atoms with Crippen LogP contribution < -0.4 is 5.32 Å². The van der Waals surface area contributed by atoms with Crippen molar-refractivity contribution in [3.05, 3.63) is 0 Å². The molecule has 2 rings (SSSR count). The van der Waals surface area contributed by atoms with E-state index in [-0.39, 0.29) is 35.9 Å². The van der Waals surface area contributed by atoms with Gasteiger partial charge in [-0.1, -0.05) is 6.42 Å². The topological polar surface area (TPSA) is 83.6 Å². The first-order valence-electron chi connectivity index (χ1n) is 6.74. The minimum atomic E-state index is -2.99. The molecule has 2 heterocycles. The summed E-state index contributed by atoms with van der Waals surface area (Å²) in [6.07, 6.45) is 3.81. The van der Waals surface area contributed by atoms with E-state index in [4.69, 9.17) is 0 Å². The molecule has 108 valence electrons. The lowest BCUT2D eigenvalue weighted by atomic mass is 10.2. The molecule has 0 spiro atoms. The van der Waals surface area contributed by atoms with Gasteiger partial charge in [-0.15, -0.1) is 0 Å². The Morgan fingerprint density at radius 1 is 1.32 bits per heavy atom. The van der Waals surface area contributed by atoms with E-state index in [0.717, 1.165) is 19.3 Å².